The molecule has 1 fully saturated rings. The fraction of sp³-hybridized carbons (Fsp3) is 0.632. The van der Waals surface area contributed by atoms with Crippen LogP contribution in [0.25, 0.3) is 0 Å². The fourth-order valence-electron chi connectivity index (χ4n) is 2.64. The van der Waals surface area contributed by atoms with E-state index in [0.717, 1.165) is 28.6 Å². The summed E-state index contributed by atoms with van der Waals surface area (Å²) in [5, 5.41) is 0. The Morgan fingerprint density at radius 1 is 1.24 bits per heavy atom. The molecule has 1 aromatic carbocycles. The molecule has 0 spiro atoms. The maximum atomic E-state index is 12.0. The summed E-state index contributed by atoms with van der Waals surface area (Å²) in [5.41, 5.74) is 0.639. The van der Waals surface area contributed by atoms with Gasteiger partial charge < -0.3 is 19.1 Å². The van der Waals surface area contributed by atoms with Crippen LogP contribution in [-0.4, -0.2) is 49.0 Å². The highest BCUT2D eigenvalue weighted by Gasteiger charge is 2.27. The number of nitrogens with zero attached hydrogens (tertiary/aromatic N) is 1. The Morgan fingerprint density at radius 2 is 1.92 bits per heavy atom. The van der Waals surface area contributed by atoms with Gasteiger partial charge in [-0.25, -0.2) is 4.79 Å². The Balaban J connectivity index is 1.66. The predicted octanol–water partition coefficient (Wildman–Crippen LogP) is 4.55. The minimum absolute atomic E-state index is 0.172. The van der Waals surface area contributed by atoms with Gasteiger partial charge in [-0.05, 0) is 52.7 Å². The molecular weight excluding hydrogens is 386 g/mol. The lowest BCUT2D eigenvalue weighted by atomic mass is 10.1. The van der Waals surface area contributed by atoms with E-state index in [4.69, 9.17) is 14.2 Å². The summed E-state index contributed by atoms with van der Waals surface area (Å²) in [4.78, 5) is 13.8. The average molecular weight is 414 g/mol. The van der Waals surface area contributed by atoms with Crippen LogP contribution in [0.1, 0.15) is 39.2 Å². The number of benzene rings is 1. The van der Waals surface area contributed by atoms with Crippen LogP contribution in [0.4, 0.5) is 4.79 Å². The number of rotatable bonds is 5. The van der Waals surface area contributed by atoms with Crippen molar-refractivity contribution < 1.29 is 19.0 Å². The molecular formula is C19H28BrNO4. The Labute approximate surface area is 158 Å². The smallest absolute Gasteiger partial charge is 0.410 e. The zero-order valence-corrected chi connectivity index (χ0v) is 17.1. The van der Waals surface area contributed by atoms with Crippen molar-refractivity contribution in [3.63, 3.8) is 0 Å². The number of likely N-dealkylation sites (tertiary alicyclic amines) is 1. The third kappa shape index (κ3) is 6.51. The van der Waals surface area contributed by atoms with E-state index < -0.39 is 5.60 Å². The number of hydrogen-bond donors (Lipinski definition) is 0. The highest BCUT2D eigenvalue weighted by molar-refractivity contribution is 9.10. The Hall–Kier alpha value is -1.27. The van der Waals surface area contributed by atoms with Crippen LogP contribution in [0, 0.1) is 6.92 Å². The molecule has 0 unspecified atom stereocenters. The van der Waals surface area contributed by atoms with E-state index >= 15 is 0 Å². The van der Waals surface area contributed by atoms with Crippen LogP contribution >= 0.6 is 15.9 Å². The van der Waals surface area contributed by atoms with E-state index in [0.29, 0.717) is 26.3 Å². The van der Waals surface area contributed by atoms with Gasteiger partial charge >= 0.3 is 6.09 Å². The van der Waals surface area contributed by atoms with Crippen molar-refractivity contribution in [3.8, 4) is 5.75 Å². The van der Waals surface area contributed by atoms with E-state index in [1.54, 1.807) is 4.90 Å². The SMILES string of the molecule is Cc1c(Br)cccc1OCCOC1CCN(C(=O)OC(C)(C)C)CC1. The highest BCUT2D eigenvalue weighted by Crippen LogP contribution is 2.25. The molecule has 5 nitrogen and oxygen atoms in total. The van der Waals surface area contributed by atoms with Crippen LogP contribution in [0.3, 0.4) is 0 Å². The van der Waals surface area contributed by atoms with Gasteiger partial charge in [-0.15, -0.1) is 0 Å². The fourth-order valence-corrected chi connectivity index (χ4v) is 2.99. The highest BCUT2D eigenvalue weighted by atomic mass is 79.9. The maximum absolute atomic E-state index is 12.0. The van der Waals surface area contributed by atoms with Gasteiger partial charge in [-0.2, -0.15) is 0 Å². The summed E-state index contributed by atoms with van der Waals surface area (Å²) in [5.74, 6) is 0.873. The number of hydrogen-bond acceptors (Lipinski definition) is 4. The normalized spacial score (nSPS) is 16.0. The molecule has 0 saturated carbocycles. The molecule has 0 atom stereocenters. The third-order valence-corrected chi connectivity index (χ3v) is 4.87. The van der Waals surface area contributed by atoms with E-state index in [-0.39, 0.29) is 12.2 Å². The molecule has 0 N–H and O–H groups in total. The topological polar surface area (TPSA) is 48.0 Å². The number of piperidine rings is 1. The number of amides is 1. The molecule has 1 heterocycles. The van der Waals surface area contributed by atoms with E-state index in [2.05, 4.69) is 15.9 Å². The van der Waals surface area contributed by atoms with Crippen LogP contribution in [0.2, 0.25) is 0 Å². The largest absolute Gasteiger partial charge is 0.491 e. The van der Waals surface area contributed by atoms with Crippen molar-refractivity contribution in [2.24, 2.45) is 0 Å². The molecule has 0 bridgehead atoms. The van der Waals surface area contributed by atoms with E-state index in [1.165, 1.54) is 0 Å². The minimum atomic E-state index is -0.452. The van der Waals surface area contributed by atoms with Gasteiger partial charge in [0, 0.05) is 23.1 Å². The second kappa shape index (κ2) is 8.90. The predicted molar refractivity (Wildman–Crippen MR) is 101 cm³/mol. The second-order valence-electron chi connectivity index (χ2n) is 7.25. The van der Waals surface area contributed by atoms with Crippen LogP contribution in [0.15, 0.2) is 22.7 Å². The first-order valence-electron chi connectivity index (χ1n) is 8.74. The van der Waals surface area contributed by atoms with Crippen molar-refractivity contribution in [1.29, 1.82) is 0 Å². The number of halogens is 1. The van der Waals surface area contributed by atoms with Gasteiger partial charge in [-0.3, -0.25) is 0 Å². The molecule has 6 heteroatoms. The number of ether oxygens (including phenoxy) is 3. The van der Waals surface area contributed by atoms with Crippen molar-refractivity contribution in [2.75, 3.05) is 26.3 Å². The zero-order valence-electron chi connectivity index (χ0n) is 15.5. The molecule has 2 rings (SSSR count). The molecule has 0 aromatic heterocycles. The lowest BCUT2D eigenvalue weighted by Crippen LogP contribution is -2.43. The minimum Gasteiger partial charge on any atom is -0.491 e. The summed E-state index contributed by atoms with van der Waals surface area (Å²) in [6.45, 7) is 10.1. The molecule has 140 valence electrons. The standard InChI is InChI=1S/C19H28BrNO4/c1-14-16(20)6-5-7-17(14)24-13-12-23-15-8-10-21(11-9-15)18(22)25-19(2,3)4/h5-7,15H,8-13H2,1-4H3. The summed E-state index contributed by atoms with van der Waals surface area (Å²) >= 11 is 3.50. The summed E-state index contributed by atoms with van der Waals surface area (Å²) in [7, 11) is 0. The molecule has 1 aliphatic rings. The summed E-state index contributed by atoms with van der Waals surface area (Å²) < 4.78 is 18.1. The van der Waals surface area contributed by atoms with Crippen molar-refractivity contribution >= 4 is 22.0 Å². The first-order valence-corrected chi connectivity index (χ1v) is 9.53. The van der Waals surface area contributed by atoms with Crippen LogP contribution in [0.5, 0.6) is 5.75 Å². The van der Waals surface area contributed by atoms with E-state index in [9.17, 15) is 4.79 Å². The van der Waals surface area contributed by atoms with Crippen molar-refractivity contribution in [1.82, 2.24) is 4.90 Å². The first kappa shape index (κ1) is 20.0. The molecule has 1 aliphatic heterocycles. The monoisotopic (exact) mass is 413 g/mol. The molecule has 1 aromatic rings. The number of carbonyl (C=O) groups is 1. The average Bonchev–Trinajstić information content (AvgIpc) is 2.54. The zero-order chi connectivity index (χ0) is 18.4. The Morgan fingerprint density at radius 3 is 2.56 bits per heavy atom. The van der Waals surface area contributed by atoms with Crippen LogP contribution in [-0.2, 0) is 9.47 Å². The lowest BCUT2D eigenvalue weighted by Gasteiger charge is -2.33. The Bertz CT molecular complexity index is 577. The van der Waals surface area contributed by atoms with Gasteiger partial charge in [0.1, 0.15) is 18.0 Å². The quantitative estimate of drug-likeness (QED) is 0.664. The Kier molecular flexibility index (Phi) is 7.14. The van der Waals surface area contributed by atoms with Crippen LogP contribution < -0.4 is 4.74 Å². The molecule has 25 heavy (non-hydrogen) atoms. The molecule has 1 saturated heterocycles. The van der Waals surface area contributed by atoms with Gasteiger partial charge in [0.05, 0.1) is 12.7 Å². The number of carbonyl (C=O) groups excluding carboxylic acids is 1. The van der Waals surface area contributed by atoms with Gasteiger partial charge in [0.2, 0.25) is 0 Å². The molecule has 0 radical (unpaired) electrons. The van der Waals surface area contributed by atoms with E-state index in [1.807, 2.05) is 45.9 Å². The third-order valence-electron chi connectivity index (χ3n) is 4.01. The lowest BCUT2D eigenvalue weighted by molar-refractivity contribution is -0.0177. The summed E-state index contributed by atoms with van der Waals surface area (Å²) in [6, 6.07) is 5.91. The molecule has 1 amide bonds. The second-order valence-corrected chi connectivity index (χ2v) is 8.10. The van der Waals surface area contributed by atoms with Gasteiger partial charge in [0.15, 0.2) is 0 Å². The van der Waals surface area contributed by atoms with Crippen molar-refractivity contribution in [2.45, 2.75) is 52.2 Å². The van der Waals surface area contributed by atoms with Crippen molar-refractivity contribution in [3.05, 3.63) is 28.2 Å². The van der Waals surface area contributed by atoms with Gasteiger partial charge in [0.25, 0.3) is 0 Å². The first-order chi connectivity index (χ1) is 11.8. The maximum Gasteiger partial charge on any atom is 0.410 e. The van der Waals surface area contributed by atoms with Gasteiger partial charge in [-0.1, -0.05) is 22.0 Å². The molecule has 0 aliphatic carbocycles. The summed E-state index contributed by atoms with van der Waals surface area (Å²) in [6.07, 6.45) is 1.59.